The fourth-order valence-corrected chi connectivity index (χ4v) is 2.49. The molecule has 0 unspecified atom stereocenters. The van der Waals surface area contributed by atoms with E-state index >= 15 is 0 Å². The molecule has 116 valence electrons. The minimum atomic E-state index is -0.984. The van der Waals surface area contributed by atoms with Gasteiger partial charge in [0.2, 0.25) is 0 Å². The van der Waals surface area contributed by atoms with Crippen LogP contribution in [0.2, 0.25) is 0 Å². The Morgan fingerprint density at radius 1 is 1.17 bits per heavy atom. The Morgan fingerprint density at radius 3 is 2.65 bits per heavy atom. The highest BCUT2D eigenvalue weighted by Crippen LogP contribution is 2.30. The summed E-state index contributed by atoms with van der Waals surface area (Å²) in [7, 11) is 1.61. The smallest absolute Gasteiger partial charge is 0.337 e. The molecule has 0 fully saturated rings. The van der Waals surface area contributed by atoms with Gasteiger partial charge in [0.15, 0.2) is 0 Å². The van der Waals surface area contributed by atoms with Crippen LogP contribution in [0.3, 0.4) is 0 Å². The summed E-state index contributed by atoms with van der Waals surface area (Å²) in [5, 5.41) is 11.5. The molecule has 3 rings (SSSR count). The number of hydrogen-bond donors (Lipinski definition) is 1. The molecule has 0 radical (unpaired) electrons. The average molecular weight is 308 g/mol. The molecule has 1 aromatic heterocycles. The molecule has 5 heteroatoms. The number of anilines is 2. The number of aromatic carboxylic acids is 1. The van der Waals surface area contributed by atoms with Gasteiger partial charge in [-0.05, 0) is 36.8 Å². The first-order chi connectivity index (χ1) is 11.1. The maximum atomic E-state index is 11.0. The highest BCUT2D eigenvalue weighted by Gasteiger charge is 2.12. The molecule has 0 spiro atoms. The monoisotopic (exact) mass is 308 g/mol. The summed E-state index contributed by atoms with van der Waals surface area (Å²) in [6, 6.07) is 15.1. The Labute approximate surface area is 133 Å². The van der Waals surface area contributed by atoms with Gasteiger partial charge >= 0.3 is 5.97 Å². The molecule has 0 aliphatic carbocycles. The van der Waals surface area contributed by atoms with Crippen molar-refractivity contribution in [3.05, 3.63) is 65.9 Å². The minimum absolute atomic E-state index is 0.174. The van der Waals surface area contributed by atoms with E-state index in [1.54, 1.807) is 18.2 Å². The van der Waals surface area contributed by atoms with Crippen LogP contribution in [0.1, 0.15) is 15.9 Å². The number of carboxylic acids is 1. The zero-order valence-corrected chi connectivity index (χ0v) is 12.9. The Bertz CT molecular complexity index is 877. The van der Waals surface area contributed by atoms with Crippen molar-refractivity contribution in [2.75, 3.05) is 12.2 Å². The molecule has 0 aliphatic heterocycles. The molecule has 1 N–H and O–H groups in total. The fraction of sp³-hybridized carbons (Fsp3) is 0.111. The zero-order valence-electron chi connectivity index (χ0n) is 12.9. The SMILES string of the molecule is CON(c1ccc2cc(C(=O)O)cnc2c1)c1ccccc1C. The van der Waals surface area contributed by atoms with Gasteiger partial charge in [0, 0.05) is 11.6 Å². The molecule has 0 saturated carbocycles. The lowest BCUT2D eigenvalue weighted by atomic mass is 10.1. The highest BCUT2D eigenvalue weighted by atomic mass is 16.7. The Kier molecular flexibility index (Phi) is 3.95. The van der Waals surface area contributed by atoms with Crippen molar-refractivity contribution in [1.29, 1.82) is 0 Å². The van der Waals surface area contributed by atoms with Crippen molar-refractivity contribution in [1.82, 2.24) is 4.98 Å². The molecule has 0 bridgehead atoms. The van der Waals surface area contributed by atoms with Crippen molar-refractivity contribution in [3.63, 3.8) is 0 Å². The molecular formula is C18H16N2O3. The largest absolute Gasteiger partial charge is 0.478 e. The summed E-state index contributed by atoms with van der Waals surface area (Å²) in [5.41, 5.74) is 3.74. The minimum Gasteiger partial charge on any atom is -0.478 e. The number of hydrogen-bond acceptors (Lipinski definition) is 4. The van der Waals surface area contributed by atoms with E-state index < -0.39 is 5.97 Å². The van der Waals surface area contributed by atoms with Gasteiger partial charge in [0.25, 0.3) is 0 Å². The molecule has 23 heavy (non-hydrogen) atoms. The number of aryl methyl sites for hydroxylation is 1. The van der Waals surface area contributed by atoms with Crippen LogP contribution in [0, 0.1) is 6.92 Å². The van der Waals surface area contributed by atoms with Crippen molar-refractivity contribution in [2.24, 2.45) is 0 Å². The number of carboxylic acid groups (broad SMARTS) is 1. The van der Waals surface area contributed by atoms with Crippen LogP contribution in [0.15, 0.2) is 54.7 Å². The first-order valence-electron chi connectivity index (χ1n) is 7.13. The first kappa shape index (κ1) is 15.0. The predicted octanol–water partition coefficient (Wildman–Crippen LogP) is 3.94. The second-order valence-corrected chi connectivity index (χ2v) is 5.17. The summed E-state index contributed by atoms with van der Waals surface area (Å²) in [6.45, 7) is 2.01. The normalized spacial score (nSPS) is 10.7. The van der Waals surface area contributed by atoms with E-state index in [9.17, 15) is 4.79 Å². The van der Waals surface area contributed by atoms with Crippen LogP contribution in [0.4, 0.5) is 11.4 Å². The number of para-hydroxylation sites is 1. The van der Waals surface area contributed by atoms with E-state index in [1.807, 2.05) is 49.4 Å². The second-order valence-electron chi connectivity index (χ2n) is 5.17. The number of nitrogens with zero attached hydrogens (tertiary/aromatic N) is 2. The van der Waals surface area contributed by atoms with Gasteiger partial charge in [-0.25, -0.2) is 9.86 Å². The maximum absolute atomic E-state index is 11.0. The molecule has 0 saturated heterocycles. The molecular weight excluding hydrogens is 292 g/mol. The van der Waals surface area contributed by atoms with Gasteiger partial charge in [-0.2, -0.15) is 0 Å². The van der Waals surface area contributed by atoms with Crippen LogP contribution in [-0.2, 0) is 4.84 Å². The summed E-state index contributed by atoms with van der Waals surface area (Å²) in [6.07, 6.45) is 1.36. The van der Waals surface area contributed by atoms with Gasteiger partial charge in [-0.1, -0.05) is 24.3 Å². The van der Waals surface area contributed by atoms with E-state index in [0.29, 0.717) is 5.52 Å². The van der Waals surface area contributed by atoms with Crippen LogP contribution in [0.5, 0.6) is 0 Å². The van der Waals surface area contributed by atoms with Crippen molar-refractivity contribution in [3.8, 4) is 0 Å². The number of rotatable bonds is 4. The number of pyridine rings is 1. The number of carbonyl (C=O) groups is 1. The zero-order chi connectivity index (χ0) is 16.4. The summed E-state index contributed by atoms with van der Waals surface area (Å²) >= 11 is 0. The van der Waals surface area contributed by atoms with E-state index in [0.717, 1.165) is 22.3 Å². The fourth-order valence-electron chi connectivity index (χ4n) is 2.49. The van der Waals surface area contributed by atoms with Crippen molar-refractivity contribution in [2.45, 2.75) is 6.92 Å². The molecule has 3 aromatic rings. The molecule has 2 aromatic carbocycles. The molecule has 0 atom stereocenters. The number of benzene rings is 2. The first-order valence-corrected chi connectivity index (χ1v) is 7.13. The molecule has 0 aliphatic rings. The van der Waals surface area contributed by atoms with Gasteiger partial charge in [0.05, 0.1) is 29.6 Å². The lowest BCUT2D eigenvalue weighted by molar-refractivity contribution is 0.0696. The molecule has 1 heterocycles. The van der Waals surface area contributed by atoms with Crippen molar-refractivity contribution >= 4 is 28.2 Å². The van der Waals surface area contributed by atoms with Crippen molar-refractivity contribution < 1.29 is 14.7 Å². The third-order valence-electron chi connectivity index (χ3n) is 3.67. The third kappa shape index (κ3) is 2.86. The summed E-state index contributed by atoms with van der Waals surface area (Å²) in [4.78, 5) is 20.8. The summed E-state index contributed by atoms with van der Waals surface area (Å²) < 4.78 is 0. The number of fused-ring (bicyclic) bond motifs is 1. The predicted molar refractivity (Wildman–Crippen MR) is 89.0 cm³/mol. The molecule has 0 amide bonds. The van der Waals surface area contributed by atoms with Crippen LogP contribution >= 0.6 is 0 Å². The Hall–Kier alpha value is -2.92. The van der Waals surface area contributed by atoms with Crippen LogP contribution in [-0.4, -0.2) is 23.2 Å². The molecule has 5 nitrogen and oxygen atoms in total. The highest BCUT2D eigenvalue weighted by molar-refractivity contribution is 5.93. The average Bonchev–Trinajstić information content (AvgIpc) is 2.56. The van der Waals surface area contributed by atoms with E-state index in [2.05, 4.69) is 4.98 Å². The lowest BCUT2D eigenvalue weighted by Crippen LogP contribution is -2.16. The van der Waals surface area contributed by atoms with Gasteiger partial charge in [-0.3, -0.25) is 9.82 Å². The van der Waals surface area contributed by atoms with Gasteiger partial charge in [-0.15, -0.1) is 0 Å². The topological polar surface area (TPSA) is 62.7 Å². The second kappa shape index (κ2) is 6.06. The number of aromatic nitrogens is 1. The van der Waals surface area contributed by atoms with E-state index in [4.69, 9.17) is 9.94 Å². The van der Waals surface area contributed by atoms with Crippen LogP contribution in [0.25, 0.3) is 10.9 Å². The Morgan fingerprint density at radius 2 is 1.96 bits per heavy atom. The lowest BCUT2D eigenvalue weighted by Gasteiger charge is -2.23. The van der Waals surface area contributed by atoms with E-state index in [-0.39, 0.29) is 5.56 Å². The van der Waals surface area contributed by atoms with E-state index in [1.165, 1.54) is 6.20 Å². The van der Waals surface area contributed by atoms with Gasteiger partial charge in [0.1, 0.15) is 0 Å². The Balaban J connectivity index is 2.07. The van der Waals surface area contributed by atoms with Gasteiger partial charge < -0.3 is 5.11 Å². The van der Waals surface area contributed by atoms with Crippen LogP contribution < -0.4 is 5.06 Å². The standard InChI is InChI=1S/C18H16N2O3/c1-12-5-3-4-6-17(12)20(23-2)15-8-7-13-9-14(18(21)22)11-19-16(13)10-15/h3-11H,1-2H3,(H,21,22). The quantitative estimate of drug-likeness (QED) is 0.740. The third-order valence-corrected chi connectivity index (χ3v) is 3.67. The maximum Gasteiger partial charge on any atom is 0.337 e. The summed E-state index contributed by atoms with van der Waals surface area (Å²) in [5.74, 6) is -0.984.